The summed E-state index contributed by atoms with van der Waals surface area (Å²) in [6.45, 7) is 3.42. The van der Waals surface area contributed by atoms with Gasteiger partial charge in [-0.1, -0.05) is 30.3 Å². The molecule has 3 atom stereocenters. The Labute approximate surface area is 213 Å². The Morgan fingerprint density at radius 3 is 2.51 bits per heavy atom. The van der Waals surface area contributed by atoms with Crippen LogP contribution < -0.4 is 0 Å². The minimum Gasteiger partial charge on any atom is -0.335 e. The van der Waals surface area contributed by atoms with Gasteiger partial charge < -0.3 is 4.90 Å². The van der Waals surface area contributed by atoms with E-state index in [4.69, 9.17) is 0 Å². The van der Waals surface area contributed by atoms with Crippen LogP contribution in [0, 0.1) is 18.7 Å². The molecule has 7 heteroatoms. The van der Waals surface area contributed by atoms with Gasteiger partial charge in [-0.05, 0) is 72.0 Å². The normalized spacial score (nSPS) is 22.3. The molecule has 5 aromatic rings. The molecule has 3 aromatic carbocycles. The van der Waals surface area contributed by atoms with Crippen molar-refractivity contribution in [1.82, 2.24) is 24.6 Å². The van der Waals surface area contributed by atoms with E-state index in [1.54, 1.807) is 30.6 Å². The number of aromatic nitrogens is 4. The molecule has 6 nitrogen and oxygen atoms in total. The summed E-state index contributed by atoms with van der Waals surface area (Å²) in [7, 11) is 0. The Kier molecular flexibility index (Phi) is 4.76. The Morgan fingerprint density at radius 2 is 1.76 bits per heavy atom. The fourth-order valence-electron chi connectivity index (χ4n) is 6.44. The lowest BCUT2D eigenvalue weighted by Crippen LogP contribution is -2.35. The summed E-state index contributed by atoms with van der Waals surface area (Å²) >= 11 is 0. The van der Waals surface area contributed by atoms with Crippen molar-refractivity contribution in [2.24, 2.45) is 5.92 Å². The van der Waals surface area contributed by atoms with E-state index in [0.29, 0.717) is 24.9 Å². The maximum atomic E-state index is 13.5. The molecule has 3 heterocycles. The standard InChI is InChI=1S/C30H24FN5O/c1-19-14-26-21(16-34-36(26)23-10-8-22(31)9-11-23)15-24(19)30-18-35(29(37)28-32-12-5-13-33-28)17-25(30)27(30)20-6-3-2-4-7-20/h2-16,25,27H,17-18H2,1H3. The lowest BCUT2D eigenvalue weighted by atomic mass is 9.86. The van der Waals surface area contributed by atoms with Gasteiger partial charge in [0.15, 0.2) is 0 Å². The first-order chi connectivity index (χ1) is 18.1. The van der Waals surface area contributed by atoms with Gasteiger partial charge in [0, 0.05) is 42.2 Å². The number of likely N-dealkylation sites (tertiary alicyclic amines) is 1. The molecule has 1 aliphatic heterocycles. The summed E-state index contributed by atoms with van der Waals surface area (Å²) < 4.78 is 15.3. The third-order valence-electron chi connectivity index (χ3n) is 8.07. The van der Waals surface area contributed by atoms with E-state index in [0.717, 1.165) is 22.2 Å². The van der Waals surface area contributed by atoms with Crippen molar-refractivity contribution in [3.63, 3.8) is 0 Å². The van der Waals surface area contributed by atoms with E-state index in [2.05, 4.69) is 58.4 Å². The van der Waals surface area contributed by atoms with E-state index in [1.165, 1.54) is 23.3 Å². The van der Waals surface area contributed by atoms with Crippen LogP contribution in [0.5, 0.6) is 0 Å². The van der Waals surface area contributed by atoms with Crippen LogP contribution in [0.4, 0.5) is 4.39 Å². The van der Waals surface area contributed by atoms with Gasteiger partial charge in [-0.2, -0.15) is 5.10 Å². The van der Waals surface area contributed by atoms with E-state index in [-0.39, 0.29) is 23.0 Å². The van der Waals surface area contributed by atoms with Crippen molar-refractivity contribution in [1.29, 1.82) is 0 Å². The molecule has 2 aromatic heterocycles. The number of benzene rings is 3. The van der Waals surface area contributed by atoms with Crippen LogP contribution >= 0.6 is 0 Å². The number of carbonyl (C=O) groups is 1. The maximum absolute atomic E-state index is 13.5. The number of hydrogen-bond donors (Lipinski definition) is 0. The van der Waals surface area contributed by atoms with Crippen molar-refractivity contribution in [2.45, 2.75) is 18.3 Å². The molecule has 2 aliphatic rings. The van der Waals surface area contributed by atoms with E-state index < -0.39 is 0 Å². The second kappa shape index (κ2) is 8.06. The first-order valence-electron chi connectivity index (χ1n) is 12.4. The number of carbonyl (C=O) groups excluding carboxylic acids is 1. The molecule has 0 spiro atoms. The largest absolute Gasteiger partial charge is 0.335 e. The van der Waals surface area contributed by atoms with Crippen molar-refractivity contribution < 1.29 is 9.18 Å². The number of fused-ring (bicyclic) bond motifs is 2. The highest BCUT2D eigenvalue weighted by Gasteiger charge is 2.71. The van der Waals surface area contributed by atoms with Crippen molar-refractivity contribution >= 4 is 16.8 Å². The van der Waals surface area contributed by atoms with E-state index >= 15 is 0 Å². The number of amides is 1. The molecular formula is C30H24FN5O. The van der Waals surface area contributed by atoms with Gasteiger partial charge >= 0.3 is 0 Å². The quantitative estimate of drug-likeness (QED) is 0.354. The predicted molar refractivity (Wildman–Crippen MR) is 138 cm³/mol. The third kappa shape index (κ3) is 3.30. The van der Waals surface area contributed by atoms with E-state index in [1.807, 2.05) is 21.8 Å². The monoisotopic (exact) mass is 489 g/mol. The molecular weight excluding hydrogens is 465 g/mol. The molecule has 7 rings (SSSR count). The molecule has 1 saturated carbocycles. The molecule has 37 heavy (non-hydrogen) atoms. The summed E-state index contributed by atoms with van der Waals surface area (Å²) in [5.74, 6) is 0.485. The molecule has 0 N–H and O–H groups in total. The molecule has 0 radical (unpaired) electrons. The number of hydrogen-bond acceptors (Lipinski definition) is 4. The highest BCUT2D eigenvalue weighted by molar-refractivity contribution is 5.91. The Balaban J connectivity index is 1.31. The van der Waals surface area contributed by atoms with Gasteiger partial charge in [0.1, 0.15) is 5.82 Å². The predicted octanol–water partition coefficient (Wildman–Crippen LogP) is 5.07. The summed E-state index contributed by atoms with van der Waals surface area (Å²) in [6, 6.07) is 23.1. The van der Waals surface area contributed by atoms with Crippen molar-refractivity contribution in [3.8, 4) is 5.69 Å². The zero-order chi connectivity index (χ0) is 25.1. The molecule has 182 valence electrons. The minimum atomic E-state index is -0.272. The SMILES string of the molecule is Cc1cc2c(cnn2-c2ccc(F)cc2)cc1C12CN(C(=O)c3ncccn3)CC1C2c1ccccc1. The van der Waals surface area contributed by atoms with Crippen LogP contribution in [-0.2, 0) is 5.41 Å². The van der Waals surface area contributed by atoms with Crippen molar-refractivity contribution in [3.05, 3.63) is 120 Å². The van der Waals surface area contributed by atoms with Crippen LogP contribution in [-0.4, -0.2) is 43.6 Å². The highest BCUT2D eigenvalue weighted by Crippen LogP contribution is 2.69. The zero-order valence-corrected chi connectivity index (χ0v) is 20.3. The van der Waals surface area contributed by atoms with Gasteiger partial charge in [0.25, 0.3) is 5.91 Å². The van der Waals surface area contributed by atoms with Crippen LogP contribution in [0.2, 0.25) is 0 Å². The van der Waals surface area contributed by atoms with Crippen LogP contribution in [0.25, 0.3) is 16.6 Å². The average Bonchev–Trinajstić information content (AvgIpc) is 3.19. The van der Waals surface area contributed by atoms with Gasteiger partial charge in [0.05, 0.1) is 17.4 Å². The fourth-order valence-corrected chi connectivity index (χ4v) is 6.44. The summed E-state index contributed by atoms with van der Waals surface area (Å²) in [4.78, 5) is 23.6. The smallest absolute Gasteiger partial charge is 0.291 e. The topological polar surface area (TPSA) is 63.9 Å². The number of aryl methyl sites for hydroxylation is 1. The molecule has 3 unspecified atom stereocenters. The lowest BCUT2D eigenvalue weighted by Gasteiger charge is -2.25. The van der Waals surface area contributed by atoms with Gasteiger partial charge in [-0.15, -0.1) is 0 Å². The lowest BCUT2D eigenvalue weighted by molar-refractivity contribution is 0.0756. The van der Waals surface area contributed by atoms with Crippen LogP contribution in [0.3, 0.4) is 0 Å². The van der Waals surface area contributed by atoms with Crippen molar-refractivity contribution in [2.75, 3.05) is 13.1 Å². The number of rotatable bonds is 4. The van der Waals surface area contributed by atoms with Crippen LogP contribution in [0.15, 0.2) is 91.4 Å². The second-order valence-corrected chi connectivity index (χ2v) is 10.1. The van der Waals surface area contributed by atoms with Gasteiger partial charge in [-0.3, -0.25) is 4.79 Å². The number of piperidine rings is 1. The van der Waals surface area contributed by atoms with Crippen LogP contribution in [0.1, 0.15) is 33.2 Å². The molecule has 1 aliphatic carbocycles. The minimum absolute atomic E-state index is 0.123. The fraction of sp³-hybridized carbons (Fsp3) is 0.200. The first-order valence-corrected chi connectivity index (χ1v) is 12.4. The zero-order valence-electron chi connectivity index (χ0n) is 20.3. The Hall–Kier alpha value is -4.39. The third-order valence-corrected chi connectivity index (χ3v) is 8.07. The number of nitrogens with zero attached hydrogens (tertiary/aromatic N) is 5. The van der Waals surface area contributed by atoms with E-state index in [9.17, 15) is 9.18 Å². The summed E-state index contributed by atoms with van der Waals surface area (Å²) in [6.07, 6.45) is 5.08. The molecule has 1 amide bonds. The molecule has 1 saturated heterocycles. The second-order valence-electron chi connectivity index (χ2n) is 10.1. The Bertz CT molecular complexity index is 1630. The highest BCUT2D eigenvalue weighted by atomic mass is 19.1. The first kappa shape index (κ1) is 21.9. The maximum Gasteiger partial charge on any atom is 0.291 e. The molecule has 0 bridgehead atoms. The molecule has 2 fully saturated rings. The van der Waals surface area contributed by atoms with Gasteiger partial charge in [0.2, 0.25) is 5.82 Å². The number of halogens is 1. The average molecular weight is 490 g/mol. The Morgan fingerprint density at radius 1 is 1.00 bits per heavy atom. The summed E-state index contributed by atoms with van der Waals surface area (Å²) in [5.41, 5.74) is 5.32. The summed E-state index contributed by atoms with van der Waals surface area (Å²) in [5, 5.41) is 5.63. The van der Waals surface area contributed by atoms with Gasteiger partial charge in [-0.25, -0.2) is 19.0 Å².